The Morgan fingerprint density at radius 1 is 1.00 bits per heavy atom. The van der Waals surface area contributed by atoms with Crippen molar-refractivity contribution < 1.29 is 14.3 Å². The van der Waals surface area contributed by atoms with Crippen LogP contribution >= 0.6 is 0 Å². The van der Waals surface area contributed by atoms with Gasteiger partial charge in [0.05, 0.1) is 12.8 Å². The van der Waals surface area contributed by atoms with Gasteiger partial charge in [0, 0.05) is 23.5 Å². The highest BCUT2D eigenvalue weighted by molar-refractivity contribution is 6.01. The van der Waals surface area contributed by atoms with Crippen LogP contribution in [0.15, 0.2) is 79.0 Å². The van der Waals surface area contributed by atoms with E-state index in [4.69, 9.17) is 4.74 Å². The van der Waals surface area contributed by atoms with Crippen molar-refractivity contribution in [2.45, 2.75) is 50.7 Å². The van der Waals surface area contributed by atoms with E-state index in [1.165, 1.54) is 16.1 Å². The van der Waals surface area contributed by atoms with Crippen LogP contribution in [0.1, 0.15) is 43.8 Å². The molecule has 0 aliphatic heterocycles. The van der Waals surface area contributed by atoms with Crippen molar-refractivity contribution in [3.8, 4) is 17.1 Å². The normalized spacial score (nSPS) is 14.4. The van der Waals surface area contributed by atoms with Gasteiger partial charge in [0.15, 0.2) is 6.04 Å². The Morgan fingerprint density at radius 2 is 1.74 bits per heavy atom. The topological polar surface area (TPSA) is 115 Å². The molecule has 2 heterocycles. The van der Waals surface area contributed by atoms with E-state index >= 15 is 0 Å². The zero-order chi connectivity index (χ0) is 27.0. The minimum Gasteiger partial charge on any atom is -0.497 e. The molecule has 1 aliphatic rings. The lowest BCUT2D eigenvalue weighted by molar-refractivity contribution is -0.127. The molecule has 0 unspecified atom stereocenters. The highest BCUT2D eigenvalue weighted by Crippen LogP contribution is 2.30. The predicted octanol–water partition coefficient (Wildman–Crippen LogP) is 3.97. The van der Waals surface area contributed by atoms with Crippen LogP contribution in [0, 0.1) is 0 Å². The second kappa shape index (κ2) is 12.3. The maximum atomic E-state index is 14.0. The molecule has 0 saturated heterocycles. The molecule has 0 radical (unpaired) electrons. The number of ether oxygens (including phenoxy) is 1. The van der Waals surface area contributed by atoms with Gasteiger partial charge in [-0.3, -0.25) is 19.5 Å². The lowest BCUT2D eigenvalue weighted by Gasteiger charge is -2.32. The van der Waals surface area contributed by atoms with Crippen LogP contribution in [-0.4, -0.2) is 50.2 Å². The van der Waals surface area contributed by atoms with Gasteiger partial charge in [0.2, 0.25) is 11.7 Å². The molecule has 0 spiro atoms. The number of carbonyl (C=O) groups excluding carboxylic acids is 2. The number of nitrogens with one attached hydrogen (secondary N) is 1. The minimum atomic E-state index is -0.994. The van der Waals surface area contributed by atoms with E-state index in [0.29, 0.717) is 23.0 Å². The van der Waals surface area contributed by atoms with Crippen LogP contribution in [0.5, 0.6) is 5.75 Å². The summed E-state index contributed by atoms with van der Waals surface area (Å²) in [5, 5.41) is 15.8. The van der Waals surface area contributed by atoms with Gasteiger partial charge in [-0.25, -0.2) is 0 Å². The van der Waals surface area contributed by atoms with Gasteiger partial charge in [-0.05, 0) is 54.5 Å². The van der Waals surface area contributed by atoms with Gasteiger partial charge in [-0.1, -0.05) is 55.7 Å². The second-order valence-electron chi connectivity index (χ2n) is 9.47. The van der Waals surface area contributed by atoms with Gasteiger partial charge in [0.25, 0.3) is 5.91 Å². The number of carbonyl (C=O) groups is 2. The standard InChI is InChI=1S/C29H31N7O3/c1-39-24-17-15-23(16-18-24)36(26(37)20-35-33-28(32-34-35)21-10-4-2-5-11-21)27(25-14-8-9-19-30-25)29(38)31-22-12-6-3-7-13-22/h2,4-5,8-11,14-19,22,27H,3,6-7,12-13,20H2,1H3,(H,31,38)/t27-/m1/s1. The Labute approximate surface area is 227 Å². The summed E-state index contributed by atoms with van der Waals surface area (Å²) in [5.41, 5.74) is 1.78. The van der Waals surface area contributed by atoms with Crippen LogP contribution in [-0.2, 0) is 16.1 Å². The number of pyridine rings is 1. The van der Waals surface area contributed by atoms with E-state index in [-0.39, 0.29) is 24.4 Å². The van der Waals surface area contributed by atoms with Crippen LogP contribution in [0.2, 0.25) is 0 Å². The molecule has 1 saturated carbocycles. The van der Waals surface area contributed by atoms with Crippen molar-refractivity contribution in [3.63, 3.8) is 0 Å². The van der Waals surface area contributed by atoms with E-state index < -0.39 is 6.04 Å². The summed E-state index contributed by atoms with van der Waals surface area (Å²) in [5.74, 6) is 0.390. The molecule has 10 heteroatoms. The summed E-state index contributed by atoms with van der Waals surface area (Å²) >= 11 is 0. The van der Waals surface area contributed by atoms with Gasteiger partial charge in [0.1, 0.15) is 12.3 Å². The molecule has 10 nitrogen and oxygen atoms in total. The van der Waals surface area contributed by atoms with Gasteiger partial charge in [-0.15, -0.1) is 10.2 Å². The van der Waals surface area contributed by atoms with E-state index in [9.17, 15) is 9.59 Å². The summed E-state index contributed by atoms with van der Waals surface area (Å²) < 4.78 is 5.32. The zero-order valence-corrected chi connectivity index (χ0v) is 21.8. The Kier molecular flexibility index (Phi) is 8.20. The van der Waals surface area contributed by atoms with Crippen molar-refractivity contribution in [2.75, 3.05) is 12.0 Å². The first-order chi connectivity index (χ1) is 19.1. The fourth-order valence-electron chi connectivity index (χ4n) is 4.84. The number of tetrazole rings is 1. The van der Waals surface area contributed by atoms with E-state index in [0.717, 1.165) is 31.2 Å². The van der Waals surface area contributed by atoms with Gasteiger partial charge < -0.3 is 10.1 Å². The first kappa shape index (κ1) is 26.0. The lowest BCUT2D eigenvalue weighted by atomic mass is 9.95. The first-order valence-corrected chi connectivity index (χ1v) is 13.1. The van der Waals surface area contributed by atoms with E-state index in [1.54, 1.807) is 49.7 Å². The summed E-state index contributed by atoms with van der Waals surface area (Å²) in [6.07, 6.45) is 6.77. The first-order valence-electron chi connectivity index (χ1n) is 13.1. The summed E-state index contributed by atoms with van der Waals surface area (Å²) in [7, 11) is 1.58. The van der Waals surface area contributed by atoms with Gasteiger partial charge >= 0.3 is 0 Å². The van der Waals surface area contributed by atoms with E-state index in [2.05, 4.69) is 25.7 Å². The molecule has 1 atom stereocenters. The average Bonchev–Trinajstić information content (AvgIpc) is 3.45. The van der Waals surface area contributed by atoms with Crippen LogP contribution in [0.3, 0.4) is 0 Å². The molecule has 4 aromatic rings. The Bertz CT molecular complexity index is 1370. The molecular weight excluding hydrogens is 494 g/mol. The van der Waals surface area contributed by atoms with Crippen LogP contribution < -0.4 is 15.0 Å². The number of amides is 2. The van der Waals surface area contributed by atoms with E-state index in [1.807, 2.05) is 36.4 Å². The Balaban J connectivity index is 1.49. The molecule has 2 aromatic heterocycles. The molecule has 5 rings (SSSR count). The monoisotopic (exact) mass is 525 g/mol. The third kappa shape index (κ3) is 6.28. The predicted molar refractivity (Wildman–Crippen MR) is 146 cm³/mol. The SMILES string of the molecule is COc1ccc(N(C(=O)Cn2nnc(-c3ccccc3)n2)[C@@H](C(=O)NC2CCCCC2)c2ccccn2)cc1. The third-order valence-electron chi connectivity index (χ3n) is 6.81. The number of methoxy groups -OCH3 is 1. The molecule has 2 aromatic carbocycles. The fourth-order valence-corrected chi connectivity index (χ4v) is 4.84. The molecule has 1 aliphatic carbocycles. The number of aromatic nitrogens is 5. The van der Waals surface area contributed by atoms with Crippen molar-refractivity contribution >= 4 is 17.5 Å². The number of anilines is 1. The fraction of sp³-hybridized carbons (Fsp3) is 0.310. The zero-order valence-electron chi connectivity index (χ0n) is 21.8. The second-order valence-corrected chi connectivity index (χ2v) is 9.47. The highest BCUT2D eigenvalue weighted by atomic mass is 16.5. The Hall–Kier alpha value is -4.60. The van der Waals surface area contributed by atoms with Crippen molar-refractivity contribution in [1.82, 2.24) is 30.5 Å². The molecule has 1 fully saturated rings. The lowest BCUT2D eigenvalue weighted by Crippen LogP contribution is -2.48. The van der Waals surface area contributed by atoms with Crippen molar-refractivity contribution in [2.24, 2.45) is 0 Å². The number of hydrogen-bond acceptors (Lipinski definition) is 7. The minimum absolute atomic E-state index is 0.0655. The number of benzene rings is 2. The number of nitrogens with zero attached hydrogens (tertiary/aromatic N) is 6. The summed E-state index contributed by atoms with van der Waals surface area (Å²) in [6.45, 7) is -0.216. The van der Waals surface area contributed by atoms with Crippen LogP contribution in [0.4, 0.5) is 5.69 Å². The smallest absolute Gasteiger partial charge is 0.251 e. The Morgan fingerprint density at radius 3 is 2.44 bits per heavy atom. The average molecular weight is 526 g/mol. The summed E-state index contributed by atoms with van der Waals surface area (Å²) in [6, 6.07) is 20.9. The molecule has 39 heavy (non-hydrogen) atoms. The maximum absolute atomic E-state index is 14.0. The largest absolute Gasteiger partial charge is 0.497 e. The maximum Gasteiger partial charge on any atom is 0.251 e. The quantitative estimate of drug-likeness (QED) is 0.352. The highest BCUT2D eigenvalue weighted by Gasteiger charge is 2.35. The molecule has 200 valence electrons. The van der Waals surface area contributed by atoms with Crippen LogP contribution in [0.25, 0.3) is 11.4 Å². The molecular formula is C29H31N7O3. The molecule has 0 bridgehead atoms. The number of rotatable bonds is 9. The van der Waals surface area contributed by atoms with Gasteiger partial charge in [-0.2, -0.15) is 4.80 Å². The van der Waals surface area contributed by atoms with Crippen molar-refractivity contribution in [1.29, 1.82) is 0 Å². The number of hydrogen-bond donors (Lipinski definition) is 1. The third-order valence-corrected chi connectivity index (χ3v) is 6.81. The molecule has 2 amide bonds. The van der Waals surface area contributed by atoms with Crippen molar-refractivity contribution in [3.05, 3.63) is 84.7 Å². The molecule has 1 N–H and O–H groups in total. The summed E-state index contributed by atoms with van der Waals surface area (Å²) in [4.78, 5) is 35.0.